The quantitative estimate of drug-likeness (QED) is 0.787. The number of aromatic nitrogens is 1. The smallest absolute Gasteiger partial charge is 0.275 e. The molecule has 0 fully saturated rings. The molecule has 1 N–H and O–H groups in total. The van der Waals surface area contributed by atoms with Gasteiger partial charge in [0.1, 0.15) is 16.5 Å². The maximum Gasteiger partial charge on any atom is 0.275 e. The van der Waals surface area contributed by atoms with Gasteiger partial charge in [0.2, 0.25) is 0 Å². The minimum Gasteiger partial charge on any atom is -0.318 e. The summed E-state index contributed by atoms with van der Waals surface area (Å²) in [5.74, 6) is -0.886. The molecule has 0 aliphatic heterocycles. The molecule has 1 heterocycles. The second kappa shape index (κ2) is 5.85. The summed E-state index contributed by atoms with van der Waals surface area (Å²) in [6.45, 7) is 0. The highest BCUT2D eigenvalue weighted by Crippen LogP contribution is 2.24. The first kappa shape index (κ1) is 13.5. The highest BCUT2D eigenvalue weighted by Gasteiger charge is 2.13. The molecule has 0 radical (unpaired) electrons. The van der Waals surface area contributed by atoms with Crippen LogP contribution in [0.4, 0.5) is 10.1 Å². The molecule has 0 saturated heterocycles. The summed E-state index contributed by atoms with van der Waals surface area (Å²) in [6, 6.07) is 15.6. The van der Waals surface area contributed by atoms with Crippen molar-refractivity contribution in [2.75, 3.05) is 5.32 Å². The topological polar surface area (TPSA) is 42.0 Å². The van der Waals surface area contributed by atoms with Crippen LogP contribution in [0.3, 0.4) is 0 Å². The molecular weight excluding hydrogens is 287 g/mol. The van der Waals surface area contributed by atoms with E-state index in [1.165, 1.54) is 23.5 Å². The van der Waals surface area contributed by atoms with E-state index in [1.807, 2.05) is 30.3 Å². The van der Waals surface area contributed by atoms with Gasteiger partial charge in [-0.25, -0.2) is 9.37 Å². The van der Waals surface area contributed by atoms with Crippen molar-refractivity contribution in [2.45, 2.75) is 0 Å². The molecule has 3 nitrogen and oxygen atoms in total. The zero-order chi connectivity index (χ0) is 14.7. The summed E-state index contributed by atoms with van der Waals surface area (Å²) in [5, 5.41) is 4.95. The lowest BCUT2D eigenvalue weighted by atomic mass is 10.2. The van der Waals surface area contributed by atoms with Crippen LogP contribution >= 0.6 is 11.3 Å². The molecule has 0 bridgehead atoms. The average molecular weight is 298 g/mol. The number of halogens is 1. The van der Waals surface area contributed by atoms with Crippen molar-refractivity contribution in [1.29, 1.82) is 0 Å². The molecule has 1 aromatic heterocycles. The second-order valence-corrected chi connectivity index (χ2v) is 5.20. The largest absolute Gasteiger partial charge is 0.318 e. The molecule has 3 aromatic rings. The van der Waals surface area contributed by atoms with Gasteiger partial charge >= 0.3 is 0 Å². The van der Waals surface area contributed by atoms with E-state index in [-0.39, 0.29) is 11.4 Å². The summed E-state index contributed by atoms with van der Waals surface area (Å²) in [7, 11) is 0. The molecule has 0 atom stereocenters. The Hall–Kier alpha value is -2.53. The van der Waals surface area contributed by atoms with E-state index in [4.69, 9.17) is 0 Å². The highest BCUT2D eigenvalue weighted by molar-refractivity contribution is 7.13. The number of benzene rings is 2. The summed E-state index contributed by atoms with van der Waals surface area (Å²) in [4.78, 5) is 16.4. The third kappa shape index (κ3) is 2.98. The minimum absolute atomic E-state index is 0.150. The number of carbonyl (C=O) groups excluding carboxylic acids is 1. The minimum atomic E-state index is -0.468. The zero-order valence-corrected chi connectivity index (χ0v) is 11.7. The number of nitrogens with one attached hydrogen (secondary N) is 1. The average Bonchev–Trinajstić information content (AvgIpc) is 3.00. The third-order valence-electron chi connectivity index (χ3n) is 2.88. The van der Waals surface area contributed by atoms with Gasteiger partial charge in [-0.05, 0) is 12.1 Å². The van der Waals surface area contributed by atoms with Crippen molar-refractivity contribution >= 4 is 22.9 Å². The van der Waals surface area contributed by atoms with Crippen LogP contribution in [0.1, 0.15) is 10.5 Å². The van der Waals surface area contributed by atoms with Gasteiger partial charge in [0.05, 0.1) is 5.69 Å². The third-order valence-corrected chi connectivity index (χ3v) is 3.77. The number of rotatable bonds is 3. The first-order valence-corrected chi connectivity index (χ1v) is 7.19. The number of nitrogens with zero attached hydrogens (tertiary/aromatic N) is 1. The molecule has 5 heteroatoms. The van der Waals surface area contributed by atoms with E-state index >= 15 is 0 Å². The van der Waals surface area contributed by atoms with Crippen LogP contribution in [-0.2, 0) is 0 Å². The fraction of sp³-hybridized carbons (Fsp3) is 0. The number of anilines is 1. The van der Waals surface area contributed by atoms with Crippen molar-refractivity contribution in [3.63, 3.8) is 0 Å². The highest BCUT2D eigenvalue weighted by atomic mass is 32.1. The van der Waals surface area contributed by atoms with E-state index in [9.17, 15) is 9.18 Å². The Bertz CT molecular complexity index is 771. The lowest BCUT2D eigenvalue weighted by Crippen LogP contribution is -2.13. The predicted molar refractivity (Wildman–Crippen MR) is 81.9 cm³/mol. The van der Waals surface area contributed by atoms with Gasteiger partial charge in [0.25, 0.3) is 5.91 Å². The molecule has 0 aliphatic rings. The van der Waals surface area contributed by atoms with E-state index in [0.717, 1.165) is 10.6 Å². The van der Waals surface area contributed by atoms with Crippen LogP contribution in [0.25, 0.3) is 10.6 Å². The van der Waals surface area contributed by atoms with Crippen LogP contribution in [-0.4, -0.2) is 10.9 Å². The second-order valence-electron chi connectivity index (χ2n) is 4.34. The number of amides is 1. The van der Waals surface area contributed by atoms with Gasteiger partial charge in [-0.2, -0.15) is 0 Å². The molecule has 0 saturated carbocycles. The summed E-state index contributed by atoms with van der Waals surface area (Å²) in [5.41, 5.74) is 1.38. The summed E-state index contributed by atoms with van der Waals surface area (Å²) in [6.07, 6.45) is 0. The van der Waals surface area contributed by atoms with Crippen LogP contribution in [0.15, 0.2) is 60.0 Å². The number of para-hydroxylation sites is 1. The van der Waals surface area contributed by atoms with Crippen LogP contribution in [0.2, 0.25) is 0 Å². The standard InChI is InChI=1S/C16H11FN2OS/c17-12-8-4-5-9-13(12)18-15(20)14-10-21-16(19-14)11-6-2-1-3-7-11/h1-10H,(H,18,20). The molecule has 2 aromatic carbocycles. The van der Waals surface area contributed by atoms with Crippen LogP contribution < -0.4 is 5.32 Å². The van der Waals surface area contributed by atoms with Crippen molar-refractivity contribution < 1.29 is 9.18 Å². The van der Waals surface area contributed by atoms with Crippen LogP contribution in [0.5, 0.6) is 0 Å². The van der Waals surface area contributed by atoms with Gasteiger partial charge in [0, 0.05) is 10.9 Å². The van der Waals surface area contributed by atoms with Gasteiger partial charge < -0.3 is 5.32 Å². The van der Waals surface area contributed by atoms with Crippen molar-refractivity contribution in [1.82, 2.24) is 4.98 Å². The zero-order valence-electron chi connectivity index (χ0n) is 10.9. The molecule has 0 aliphatic carbocycles. The van der Waals surface area contributed by atoms with E-state index in [0.29, 0.717) is 0 Å². The Labute approximate surface area is 125 Å². The Balaban J connectivity index is 1.80. The number of hydrogen-bond acceptors (Lipinski definition) is 3. The SMILES string of the molecule is O=C(Nc1ccccc1F)c1csc(-c2ccccc2)n1. The maximum absolute atomic E-state index is 13.5. The number of carbonyl (C=O) groups is 1. The van der Waals surface area contributed by atoms with Gasteiger partial charge in [-0.15, -0.1) is 11.3 Å². The Morgan fingerprint density at radius 2 is 1.76 bits per heavy atom. The molecule has 104 valence electrons. The van der Waals surface area contributed by atoms with Gasteiger partial charge in [-0.1, -0.05) is 42.5 Å². The Kier molecular flexibility index (Phi) is 3.75. The molecule has 0 unspecified atom stereocenters. The molecule has 21 heavy (non-hydrogen) atoms. The van der Waals surface area contributed by atoms with Crippen LogP contribution in [0, 0.1) is 5.82 Å². The first-order chi connectivity index (χ1) is 10.2. The monoisotopic (exact) mass is 298 g/mol. The fourth-order valence-corrected chi connectivity index (χ4v) is 2.65. The van der Waals surface area contributed by atoms with E-state index in [2.05, 4.69) is 10.3 Å². The van der Waals surface area contributed by atoms with Gasteiger partial charge in [-0.3, -0.25) is 4.79 Å². The number of thiazole rings is 1. The van der Waals surface area contributed by atoms with Gasteiger partial charge in [0.15, 0.2) is 0 Å². The summed E-state index contributed by atoms with van der Waals surface area (Å²) < 4.78 is 13.5. The normalized spacial score (nSPS) is 10.3. The van der Waals surface area contributed by atoms with Crippen molar-refractivity contribution in [2.24, 2.45) is 0 Å². The van der Waals surface area contributed by atoms with E-state index in [1.54, 1.807) is 17.5 Å². The first-order valence-electron chi connectivity index (χ1n) is 6.31. The maximum atomic E-state index is 13.5. The molecule has 1 amide bonds. The lowest BCUT2D eigenvalue weighted by molar-refractivity contribution is 0.102. The van der Waals surface area contributed by atoms with Crippen molar-refractivity contribution in [3.05, 3.63) is 71.5 Å². The fourth-order valence-electron chi connectivity index (χ4n) is 1.84. The van der Waals surface area contributed by atoms with E-state index < -0.39 is 11.7 Å². The molecule has 3 rings (SSSR count). The van der Waals surface area contributed by atoms with Crippen molar-refractivity contribution in [3.8, 4) is 10.6 Å². The lowest BCUT2D eigenvalue weighted by Gasteiger charge is -2.03. The Morgan fingerprint density at radius 1 is 1.05 bits per heavy atom. The Morgan fingerprint density at radius 3 is 2.52 bits per heavy atom. The summed E-state index contributed by atoms with van der Waals surface area (Å²) >= 11 is 1.38. The number of hydrogen-bond donors (Lipinski definition) is 1. The molecule has 0 spiro atoms. The predicted octanol–water partition coefficient (Wildman–Crippen LogP) is 4.20. The molecular formula is C16H11FN2OS.